The number of carbonyl (C=O) groups excluding carboxylic acids is 1. The van der Waals surface area contributed by atoms with Crippen LogP contribution in [0.25, 0.3) is 0 Å². The molecular weight excluding hydrogens is 254 g/mol. The molecule has 0 saturated heterocycles. The van der Waals surface area contributed by atoms with Gasteiger partial charge in [0, 0.05) is 5.56 Å². The number of ether oxygens (including phenoxy) is 1. The summed E-state index contributed by atoms with van der Waals surface area (Å²) >= 11 is 0. The molecule has 2 aromatic rings. The number of amides is 1. The van der Waals surface area contributed by atoms with Crippen LogP contribution in [0, 0.1) is 13.8 Å². The van der Waals surface area contributed by atoms with Crippen molar-refractivity contribution < 1.29 is 9.53 Å². The van der Waals surface area contributed by atoms with E-state index in [1.165, 1.54) is 0 Å². The van der Waals surface area contributed by atoms with E-state index in [1.54, 1.807) is 12.1 Å². The minimum absolute atomic E-state index is 0.167. The predicted molar refractivity (Wildman–Crippen MR) is 78.2 cm³/mol. The fourth-order valence-corrected chi connectivity index (χ4v) is 1.87. The number of aromatic nitrogens is 2. The highest BCUT2D eigenvalue weighted by atomic mass is 16.5. The SMILES string of the molecule is CCCOc1cccc(C(=O)Nc2c(C)n[nH]c2C)c1. The normalized spacial score (nSPS) is 10.3. The number of anilines is 1. The molecule has 2 rings (SSSR count). The quantitative estimate of drug-likeness (QED) is 0.879. The minimum Gasteiger partial charge on any atom is -0.494 e. The van der Waals surface area contributed by atoms with Crippen LogP contribution >= 0.6 is 0 Å². The molecule has 0 unspecified atom stereocenters. The monoisotopic (exact) mass is 273 g/mol. The molecule has 20 heavy (non-hydrogen) atoms. The topological polar surface area (TPSA) is 67.0 Å². The van der Waals surface area contributed by atoms with Crippen LogP contribution in [0.5, 0.6) is 5.75 Å². The summed E-state index contributed by atoms with van der Waals surface area (Å²) in [5.74, 6) is 0.541. The largest absolute Gasteiger partial charge is 0.494 e. The van der Waals surface area contributed by atoms with Crippen LogP contribution in [0.3, 0.4) is 0 Å². The zero-order chi connectivity index (χ0) is 14.5. The lowest BCUT2D eigenvalue weighted by atomic mass is 10.2. The lowest BCUT2D eigenvalue weighted by Gasteiger charge is -2.08. The van der Waals surface area contributed by atoms with E-state index in [9.17, 15) is 4.79 Å². The molecule has 5 nitrogen and oxygen atoms in total. The first kappa shape index (κ1) is 14.1. The summed E-state index contributed by atoms with van der Waals surface area (Å²) in [4.78, 5) is 12.2. The van der Waals surface area contributed by atoms with Gasteiger partial charge in [-0.3, -0.25) is 9.89 Å². The second-order valence-electron chi connectivity index (χ2n) is 4.64. The van der Waals surface area contributed by atoms with Crippen LogP contribution in [0.1, 0.15) is 35.1 Å². The van der Waals surface area contributed by atoms with Crippen molar-refractivity contribution in [1.82, 2.24) is 10.2 Å². The first-order valence-electron chi connectivity index (χ1n) is 6.67. The molecule has 0 aliphatic heterocycles. The maximum atomic E-state index is 12.2. The van der Waals surface area contributed by atoms with E-state index in [1.807, 2.05) is 32.9 Å². The number of benzene rings is 1. The second kappa shape index (κ2) is 6.23. The molecule has 2 N–H and O–H groups in total. The number of aromatic amines is 1. The van der Waals surface area contributed by atoms with Gasteiger partial charge in [0.2, 0.25) is 0 Å². The fourth-order valence-electron chi connectivity index (χ4n) is 1.87. The van der Waals surface area contributed by atoms with Crippen molar-refractivity contribution in [3.63, 3.8) is 0 Å². The molecule has 1 amide bonds. The number of hydrogen-bond acceptors (Lipinski definition) is 3. The van der Waals surface area contributed by atoms with Gasteiger partial charge in [0.1, 0.15) is 5.75 Å². The summed E-state index contributed by atoms with van der Waals surface area (Å²) in [6, 6.07) is 7.17. The Balaban J connectivity index is 2.13. The lowest BCUT2D eigenvalue weighted by molar-refractivity contribution is 0.102. The fraction of sp³-hybridized carbons (Fsp3) is 0.333. The molecule has 1 heterocycles. The van der Waals surface area contributed by atoms with E-state index in [-0.39, 0.29) is 5.91 Å². The zero-order valence-corrected chi connectivity index (χ0v) is 12.0. The van der Waals surface area contributed by atoms with Crippen molar-refractivity contribution in [2.45, 2.75) is 27.2 Å². The summed E-state index contributed by atoms with van der Waals surface area (Å²) < 4.78 is 5.53. The Morgan fingerprint density at radius 1 is 1.40 bits per heavy atom. The maximum Gasteiger partial charge on any atom is 0.255 e. The first-order valence-corrected chi connectivity index (χ1v) is 6.67. The molecule has 5 heteroatoms. The van der Waals surface area contributed by atoms with Gasteiger partial charge in [-0.2, -0.15) is 5.10 Å². The Labute approximate surface area is 118 Å². The third-order valence-corrected chi connectivity index (χ3v) is 2.94. The van der Waals surface area contributed by atoms with Crippen molar-refractivity contribution in [3.05, 3.63) is 41.2 Å². The van der Waals surface area contributed by atoms with Crippen molar-refractivity contribution in [1.29, 1.82) is 0 Å². The Hall–Kier alpha value is -2.30. The highest BCUT2D eigenvalue weighted by Gasteiger charge is 2.12. The van der Waals surface area contributed by atoms with Crippen LogP contribution in [-0.4, -0.2) is 22.7 Å². The first-order chi connectivity index (χ1) is 9.61. The Morgan fingerprint density at radius 2 is 2.20 bits per heavy atom. The summed E-state index contributed by atoms with van der Waals surface area (Å²) in [7, 11) is 0. The van der Waals surface area contributed by atoms with Gasteiger partial charge in [-0.15, -0.1) is 0 Å². The average molecular weight is 273 g/mol. The smallest absolute Gasteiger partial charge is 0.255 e. The van der Waals surface area contributed by atoms with E-state index >= 15 is 0 Å². The second-order valence-corrected chi connectivity index (χ2v) is 4.64. The number of nitrogens with zero attached hydrogens (tertiary/aromatic N) is 1. The van der Waals surface area contributed by atoms with Gasteiger partial charge in [-0.05, 0) is 38.5 Å². The number of H-pyrrole nitrogens is 1. The van der Waals surface area contributed by atoms with Gasteiger partial charge in [0.05, 0.1) is 23.7 Å². The minimum atomic E-state index is -0.167. The standard InChI is InChI=1S/C15H19N3O2/c1-4-8-20-13-7-5-6-12(9-13)15(19)16-14-10(2)17-18-11(14)3/h5-7,9H,4,8H2,1-3H3,(H,16,19)(H,17,18). The van der Waals surface area contributed by atoms with Crippen LogP contribution in [0.15, 0.2) is 24.3 Å². The van der Waals surface area contributed by atoms with E-state index < -0.39 is 0 Å². The van der Waals surface area contributed by atoms with Crippen LogP contribution in [0.2, 0.25) is 0 Å². The van der Waals surface area contributed by atoms with E-state index in [2.05, 4.69) is 15.5 Å². The number of rotatable bonds is 5. The van der Waals surface area contributed by atoms with E-state index in [0.717, 1.165) is 23.5 Å². The molecule has 106 valence electrons. The Kier molecular flexibility index (Phi) is 4.40. The van der Waals surface area contributed by atoms with Crippen molar-refractivity contribution >= 4 is 11.6 Å². The molecule has 1 aromatic heterocycles. The number of nitrogens with one attached hydrogen (secondary N) is 2. The zero-order valence-electron chi connectivity index (χ0n) is 12.0. The van der Waals surface area contributed by atoms with Crippen LogP contribution in [-0.2, 0) is 0 Å². The van der Waals surface area contributed by atoms with Crippen LogP contribution < -0.4 is 10.1 Å². The van der Waals surface area contributed by atoms with E-state index in [4.69, 9.17) is 4.74 Å². The van der Waals surface area contributed by atoms with Gasteiger partial charge in [0.25, 0.3) is 5.91 Å². The highest BCUT2D eigenvalue weighted by molar-refractivity contribution is 6.05. The van der Waals surface area contributed by atoms with Gasteiger partial charge < -0.3 is 10.1 Å². The lowest BCUT2D eigenvalue weighted by Crippen LogP contribution is -2.13. The molecule has 0 fully saturated rings. The molecule has 1 aromatic carbocycles. The molecule has 0 aliphatic rings. The van der Waals surface area contributed by atoms with Gasteiger partial charge in [0.15, 0.2) is 0 Å². The molecular formula is C15H19N3O2. The molecule has 0 atom stereocenters. The summed E-state index contributed by atoms with van der Waals surface area (Å²) in [5, 5.41) is 9.77. The molecule has 0 saturated carbocycles. The number of aryl methyl sites for hydroxylation is 2. The van der Waals surface area contributed by atoms with Gasteiger partial charge in [-0.25, -0.2) is 0 Å². The van der Waals surface area contributed by atoms with Crippen LogP contribution in [0.4, 0.5) is 5.69 Å². The molecule has 0 spiro atoms. The average Bonchev–Trinajstić information content (AvgIpc) is 2.77. The Bertz CT molecular complexity index is 585. The summed E-state index contributed by atoms with van der Waals surface area (Å²) in [6.07, 6.45) is 0.934. The van der Waals surface area contributed by atoms with Gasteiger partial charge >= 0.3 is 0 Å². The van der Waals surface area contributed by atoms with Gasteiger partial charge in [-0.1, -0.05) is 13.0 Å². The third-order valence-electron chi connectivity index (χ3n) is 2.94. The van der Waals surface area contributed by atoms with Crippen molar-refractivity contribution in [3.8, 4) is 5.75 Å². The van der Waals surface area contributed by atoms with E-state index in [0.29, 0.717) is 17.9 Å². The molecule has 0 radical (unpaired) electrons. The number of carbonyl (C=O) groups is 1. The Morgan fingerprint density at radius 3 is 2.85 bits per heavy atom. The summed E-state index contributed by atoms with van der Waals surface area (Å²) in [5.41, 5.74) is 2.91. The van der Waals surface area contributed by atoms with Crippen molar-refractivity contribution in [2.75, 3.05) is 11.9 Å². The molecule has 0 bridgehead atoms. The predicted octanol–water partition coefficient (Wildman–Crippen LogP) is 3.07. The number of hydrogen-bond donors (Lipinski definition) is 2. The molecule has 0 aliphatic carbocycles. The highest BCUT2D eigenvalue weighted by Crippen LogP contribution is 2.19. The maximum absolute atomic E-state index is 12.2. The third kappa shape index (κ3) is 3.17. The summed E-state index contributed by atoms with van der Waals surface area (Å²) in [6.45, 7) is 6.41. The van der Waals surface area contributed by atoms with Crippen molar-refractivity contribution in [2.24, 2.45) is 0 Å².